The fraction of sp³-hybridized carbons (Fsp3) is 0.167. The Kier molecular flexibility index (Phi) is 1.91. The molecule has 1 rings (SSSR count). The number of carbonyl (C=O) groups is 1. The van der Waals surface area contributed by atoms with E-state index in [4.69, 9.17) is 0 Å². The largest absolute Gasteiger partial charge is 0.355 e. The lowest BCUT2D eigenvalue weighted by molar-refractivity contribution is 0.0960. The van der Waals surface area contributed by atoms with Crippen molar-refractivity contribution in [1.82, 2.24) is 5.32 Å². The maximum Gasteiger partial charge on any atom is 0.255 e. The Morgan fingerprint density at radius 2 is 2.40 bits per heavy atom. The van der Waals surface area contributed by atoms with Crippen LogP contribution in [0.25, 0.3) is 0 Å². The van der Waals surface area contributed by atoms with Gasteiger partial charge in [-0.3, -0.25) is 9.90 Å². The Morgan fingerprint density at radius 3 is 2.80 bits per heavy atom. The van der Waals surface area contributed by atoms with Crippen molar-refractivity contribution in [2.75, 3.05) is 7.05 Å². The Bertz CT molecular complexity index is 244. The zero-order chi connectivity index (χ0) is 7.56. The lowest BCUT2D eigenvalue weighted by atomic mass is 10.3. The molecule has 0 saturated carbocycles. The molecule has 0 aliphatic rings. The van der Waals surface area contributed by atoms with Crippen LogP contribution in [-0.4, -0.2) is 13.0 Å². The molecule has 53 valence electrons. The topological polar surface area (TPSA) is 49.0 Å². The van der Waals surface area contributed by atoms with Gasteiger partial charge in [0.1, 0.15) is 0 Å². The number of rotatable bonds is 1. The summed E-state index contributed by atoms with van der Waals surface area (Å²) in [4.78, 5) is 10.8. The van der Waals surface area contributed by atoms with E-state index in [1.807, 2.05) is 0 Å². The molecule has 0 saturated heterocycles. The normalized spacial score (nSPS) is 9.30. The van der Waals surface area contributed by atoms with Gasteiger partial charge < -0.3 is 5.32 Å². The molecule has 1 amide bonds. The monoisotopic (exact) mass is 156 g/mol. The van der Waals surface area contributed by atoms with E-state index < -0.39 is 0 Å². The molecule has 1 radical (unpaired) electrons. The van der Waals surface area contributed by atoms with Crippen molar-refractivity contribution in [2.45, 2.75) is 0 Å². The Hall–Kier alpha value is -1.03. The molecule has 0 atom stereocenters. The average molecular weight is 156 g/mol. The van der Waals surface area contributed by atoms with Gasteiger partial charge in [0.15, 0.2) is 0 Å². The van der Waals surface area contributed by atoms with Crippen LogP contribution in [-0.2, 0) is 5.11 Å². The first-order chi connectivity index (χ1) is 4.75. The highest BCUT2D eigenvalue weighted by molar-refractivity contribution is 7.12. The van der Waals surface area contributed by atoms with E-state index in [9.17, 15) is 9.90 Å². The van der Waals surface area contributed by atoms with Crippen LogP contribution in [0.4, 0.5) is 0 Å². The SMILES string of the molecule is CNC(=O)c1ccsc1[O]. The van der Waals surface area contributed by atoms with Gasteiger partial charge in [0.05, 0.1) is 5.56 Å². The van der Waals surface area contributed by atoms with Gasteiger partial charge in [-0.2, -0.15) is 0 Å². The van der Waals surface area contributed by atoms with Gasteiger partial charge in [0.2, 0.25) is 5.06 Å². The summed E-state index contributed by atoms with van der Waals surface area (Å²) < 4.78 is 0. The van der Waals surface area contributed by atoms with E-state index >= 15 is 0 Å². The third-order valence-corrected chi connectivity index (χ3v) is 1.81. The van der Waals surface area contributed by atoms with E-state index in [-0.39, 0.29) is 16.5 Å². The molecule has 1 aromatic heterocycles. The second kappa shape index (κ2) is 2.70. The highest BCUT2D eigenvalue weighted by Crippen LogP contribution is 2.24. The molecule has 0 aliphatic carbocycles. The maximum absolute atomic E-state index is 10.8. The maximum atomic E-state index is 10.8. The van der Waals surface area contributed by atoms with Crippen LogP contribution < -0.4 is 5.32 Å². The van der Waals surface area contributed by atoms with Crippen LogP contribution in [0.2, 0.25) is 0 Å². The molecule has 1 heterocycles. The van der Waals surface area contributed by atoms with Gasteiger partial charge in [-0.25, -0.2) is 0 Å². The zero-order valence-electron chi connectivity index (χ0n) is 5.38. The summed E-state index contributed by atoms with van der Waals surface area (Å²) in [7, 11) is 1.50. The molecule has 0 fully saturated rings. The number of hydrogen-bond acceptors (Lipinski definition) is 2. The first-order valence-electron chi connectivity index (χ1n) is 2.72. The molecule has 0 bridgehead atoms. The van der Waals surface area contributed by atoms with Crippen LogP contribution >= 0.6 is 11.3 Å². The lowest BCUT2D eigenvalue weighted by Crippen LogP contribution is -2.16. The van der Waals surface area contributed by atoms with Crippen LogP contribution in [0, 0.1) is 0 Å². The molecule has 4 heteroatoms. The van der Waals surface area contributed by atoms with Crippen LogP contribution in [0.3, 0.4) is 0 Å². The summed E-state index contributed by atoms with van der Waals surface area (Å²) in [6.07, 6.45) is 0. The van der Waals surface area contributed by atoms with Crippen molar-refractivity contribution in [3.63, 3.8) is 0 Å². The van der Waals surface area contributed by atoms with Gasteiger partial charge in [-0.15, -0.1) is 11.3 Å². The summed E-state index contributed by atoms with van der Waals surface area (Å²) in [5, 5.41) is 14.6. The summed E-state index contributed by atoms with van der Waals surface area (Å²) in [6, 6.07) is 1.52. The van der Waals surface area contributed by atoms with Crippen molar-refractivity contribution in [3.8, 4) is 5.06 Å². The molecule has 10 heavy (non-hydrogen) atoms. The van der Waals surface area contributed by atoms with Gasteiger partial charge in [-0.1, -0.05) is 0 Å². The molecule has 0 aliphatic heterocycles. The fourth-order valence-electron chi connectivity index (χ4n) is 0.598. The number of hydrogen-bond donors (Lipinski definition) is 1. The van der Waals surface area contributed by atoms with Crippen molar-refractivity contribution < 1.29 is 9.90 Å². The van der Waals surface area contributed by atoms with Gasteiger partial charge >= 0.3 is 0 Å². The predicted octanol–water partition coefficient (Wildman–Crippen LogP) is 1.25. The number of nitrogens with one attached hydrogen (secondary N) is 1. The van der Waals surface area contributed by atoms with Crippen molar-refractivity contribution in [1.29, 1.82) is 0 Å². The standard InChI is InChI=1S/C6H6NO2S/c1-7-5(8)4-2-3-10-6(4)9/h2-3H,1H3,(H,7,8). The highest BCUT2D eigenvalue weighted by Gasteiger charge is 2.10. The Morgan fingerprint density at radius 1 is 1.70 bits per heavy atom. The summed E-state index contributed by atoms with van der Waals surface area (Å²) in [5.41, 5.74) is 0.229. The molecule has 0 spiro atoms. The van der Waals surface area contributed by atoms with Crippen molar-refractivity contribution >= 4 is 17.2 Å². The minimum Gasteiger partial charge on any atom is -0.355 e. The Balaban J connectivity index is 2.93. The van der Waals surface area contributed by atoms with E-state index in [2.05, 4.69) is 5.32 Å². The van der Waals surface area contributed by atoms with Crippen molar-refractivity contribution in [3.05, 3.63) is 17.0 Å². The van der Waals surface area contributed by atoms with Crippen LogP contribution in [0.5, 0.6) is 5.06 Å². The minimum atomic E-state index is -0.314. The number of amides is 1. The van der Waals surface area contributed by atoms with Crippen molar-refractivity contribution in [2.24, 2.45) is 0 Å². The minimum absolute atomic E-state index is 0.181. The van der Waals surface area contributed by atoms with Crippen LogP contribution in [0.1, 0.15) is 10.4 Å². The van der Waals surface area contributed by atoms with E-state index in [0.717, 1.165) is 11.3 Å². The quantitative estimate of drug-likeness (QED) is 0.653. The molecule has 0 unspecified atom stereocenters. The van der Waals surface area contributed by atoms with E-state index in [0.29, 0.717) is 0 Å². The van der Waals surface area contributed by atoms with E-state index in [1.54, 1.807) is 5.38 Å². The van der Waals surface area contributed by atoms with E-state index in [1.165, 1.54) is 13.1 Å². The Labute approximate surface area is 62.3 Å². The molecule has 3 nitrogen and oxygen atoms in total. The third-order valence-electron chi connectivity index (χ3n) is 1.10. The third kappa shape index (κ3) is 1.11. The first kappa shape index (κ1) is 7.08. The number of thiophene rings is 1. The molecule has 1 aromatic rings. The average Bonchev–Trinajstić information content (AvgIpc) is 2.34. The first-order valence-corrected chi connectivity index (χ1v) is 3.60. The van der Waals surface area contributed by atoms with Gasteiger partial charge in [0, 0.05) is 7.05 Å². The number of carbonyl (C=O) groups excluding carboxylic acids is 1. The molecule has 0 aromatic carbocycles. The second-order valence-corrected chi connectivity index (χ2v) is 2.58. The summed E-state index contributed by atoms with van der Waals surface area (Å²) >= 11 is 1.03. The highest BCUT2D eigenvalue weighted by atomic mass is 32.1. The van der Waals surface area contributed by atoms with Gasteiger partial charge in [0.25, 0.3) is 5.91 Å². The fourth-order valence-corrected chi connectivity index (χ4v) is 1.21. The second-order valence-electron chi connectivity index (χ2n) is 1.70. The summed E-state index contributed by atoms with van der Waals surface area (Å²) in [6.45, 7) is 0. The summed E-state index contributed by atoms with van der Waals surface area (Å²) in [5.74, 6) is -0.314. The zero-order valence-corrected chi connectivity index (χ0v) is 6.20. The smallest absolute Gasteiger partial charge is 0.255 e. The van der Waals surface area contributed by atoms with Gasteiger partial charge in [-0.05, 0) is 11.4 Å². The predicted molar refractivity (Wildman–Crippen MR) is 37.8 cm³/mol. The molecular weight excluding hydrogens is 150 g/mol. The molecule has 1 N–H and O–H groups in total. The van der Waals surface area contributed by atoms with Crippen LogP contribution in [0.15, 0.2) is 11.4 Å². The lowest BCUT2D eigenvalue weighted by Gasteiger charge is -1.92. The molecular formula is C6H6NO2S.